The van der Waals surface area contributed by atoms with Crippen LogP contribution in [0.5, 0.6) is 0 Å². The molecule has 0 spiro atoms. The molecule has 0 aliphatic carbocycles. The van der Waals surface area contributed by atoms with Crippen molar-refractivity contribution in [2.75, 3.05) is 0 Å². The van der Waals surface area contributed by atoms with E-state index in [-0.39, 0.29) is 11.2 Å². The second-order valence-electron chi connectivity index (χ2n) is 4.36. The minimum absolute atomic E-state index is 0.258. The van der Waals surface area contributed by atoms with Gasteiger partial charge in [-0.2, -0.15) is 0 Å². The number of alkyl halides is 1. The van der Waals surface area contributed by atoms with E-state index < -0.39 is 0 Å². The van der Waals surface area contributed by atoms with Crippen molar-refractivity contribution in [1.82, 2.24) is 9.55 Å². The second-order valence-corrected chi connectivity index (χ2v) is 6.05. The van der Waals surface area contributed by atoms with Crippen LogP contribution in [0.3, 0.4) is 0 Å². The smallest absolute Gasteiger partial charge is 0.151 e. The summed E-state index contributed by atoms with van der Waals surface area (Å²) in [5.74, 6) is 0.399. The summed E-state index contributed by atoms with van der Waals surface area (Å²) in [7, 11) is 0. The van der Waals surface area contributed by atoms with Gasteiger partial charge in [-0.25, -0.2) is 9.37 Å². The summed E-state index contributed by atoms with van der Waals surface area (Å²) >= 11 is 7.84. The Labute approximate surface area is 119 Å². The highest BCUT2D eigenvalue weighted by molar-refractivity contribution is 7.09. The quantitative estimate of drug-likeness (QED) is 0.646. The van der Waals surface area contributed by atoms with Crippen molar-refractivity contribution >= 4 is 34.0 Å². The maximum atomic E-state index is 13.8. The summed E-state index contributed by atoms with van der Waals surface area (Å²) in [6, 6.07) is 9.06. The second kappa shape index (κ2) is 4.94. The Balaban J connectivity index is 2.19. The Morgan fingerprint density at radius 2 is 2.21 bits per heavy atom. The predicted octanol–water partition coefficient (Wildman–Crippen LogP) is 4.59. The molecule has 1 unspecified atom stereocenters. The summed E-state index contributed by atoms with van der Waals surface area (Å²) < 4.78 is 15.8. The normalized spacial score (nSPS) is 13.0. The van der Waals surface area contributed by atoms with E-state index in [1.54, 1.807) is 17.4 Å². The molecular formula is C14H12ClFN2S. The largest absolute Gasteiger partial charge is 0.321 e. The van der Waals surface area contributed by atoms with Gasteiger partial charge in [0, 0.05) is 4.88 Å². The molecule has 2 aromatic heterocycles. The van der Waals surface area contributed by atoms with Crippen molar-refractivity contribution in [2.45, 2.75) is 18.8 Å². The molecule has 0 fully saturated rings. The molecule has 2 nitrogen and oxygen atoms in total. The summed E-state index contributed by atoms with van der Waals surface area (Å²) in [5, 5.41) is 1.77. The molecule has 0 N–H and O–H groups in total. The monoisotopic (exact) mass is 294 g/mol. The number of halogens is 2. The zero-order valence-electron chi connectivity index (χ0n) is 10.3. The molecule has 0 aliphatic rings. The number of thiophene rings is 1. The van der Waals surface area contributed by atoms with Gasteiger partial charge in [0.15, 0.2) is 5.82 Å². The fourth-order valence-electron chi connectivity index (χ4n) is 2.16. The molecular weight excluding hydrogens is 283 g/mol. The van der Waals surface area contributed by atoms with Gasteiger partial charge >= 0.3 is 0 Å². The van der Waals surface area contributed by atoms with Crippen molar-refractivity contribution in [3.8, 4) is 0 Å². The molecule has 98 valence electrons. The molecule has 5 heteroatoms. The summed E-state index contributed by atoms with van der Waals surface area (Å²) in [4.78, 5) is 5.55. The molecule has 0 bridgehead atoms. The fraction of sp³-hybridized carbons (Fsp3) is 0.214. The van der Waals surface area contributed by atoms with Crippen LogP contribution < -0.4 is 0 Å². The van der Waals surface area contributed by atoms with Gasteiger partial charge in [0.1, 0.15) is 11.3 Å². The number of benzene rings is 1. The number of hydrogen-bond donors (Lipinski definition) is 0. The number of nitrogens with zero attached hydrogens (tertiary/aromatic N) is 2. The first kappa shape index (κ1) is 12.6. The lowest BCUT2D eigenvalue weighted by molar-refractivity contribution is 0.637. The minimum atomic E-state index is -0.305. The Kier molecular flexibility index (Phi) is 3.29. The van der Waals surface area contributed by atoms with Gasteiger partial charge in [0.05, 0.1) is 17.4 Å². The van der Waals surface area contributed by atoms with E-state index in [0.29, 0.717) is 17.9 Å². The standard InChI is InChI=1S/C14H12ClFN2S/c1-9(15)14-17-13-11(16)5-2-6-12(13)18(14)8-10-4-3-7-19-10/h2-7,9H,8H2,1H3. The number of hydrogen-bond acceptors (Lipinski definition) is 2. The third-order valence-corrected chi connectivity index (χ3v) is 4.07. The first-order valence-electron chi connectivity index (χ1n) is 5.98. The van der Waals surface area contributed by atoms with E-state index in [1.165, 1.54) is 10.9 Å². The van der Waals surface area contributed by atoms with Gasteiger partial charge in [0.25, 0.3) is 0 Å². The molecule has 0 radical (unpaired) electrons. The topological polar surface area (TPSA) is 17.8 Å². The van der Waals surface area contributed by atoms with Crippen molar-refractivity contribution in [3.63, 3.8) is 0 Å². The Morgan fingerprint density at radius 1 is 1.37 bits per heavy atom. The molecule has 3 aromatic rings. The van der Waals surface area contributed by atoms with Crippen molar-refractivity contribution in [1.29, 1.82) is 0 Å². The molecule has 0 saturated heterocycles. The molecule has 3 rings (SSSR count). The first-order valence-corrected chi connectivity index (χ1v) is 7.29. The van der Waals surface area contributed by atoms with Crippen LogP contribution in [-0.2, 0) is 6.54 Å². The summed E-state index contributed by atoms with van der Waals surface area (Å²) in [5.41, 5.74) is 1.18. The fourth-order valence-corrected chi connectivity index (χ4v) is 3.02. The molecule has 0 saturated carbocycles. The zero-order valence-corrected chi connectivity index (χ0v) is 11.9. The average Bonchev–Trinajstić information content (AvgIpc) is 2.99. The number of aromatic nitrogens is 2. The van der Waals surface area contributed by atoms with E-state index in [0.717, 1.165) is 5.52 Å². The SMILES string of the molecule is CC(Cl)c1nc2c(F)cccc2n1Cc1cccs1. The van der Waals surface area contributed by atoms with Gasteiger partial charge < -0.3 is 4.57 Å². The van der Waals surface area contributed by atoms with Crippen LogP contribution in [0.15, 0.2) is 35.7 Å². The molecule has 1 atom stereocenters. The Morgan fingerprint density at radius 3 is 2.89 bits per heavy atom. The highest BCUT2D eigenvalue weighted by Crippen LogP contribution is 2.27. The Bertz CT molecular complexity index is 704. The lowest BCUT2D eigenvalue weighted by Gasteiger charge is -2.09. The lowest BCUT2D eigenvalue weighted by Crippen LogP contribution is -2.04. The van der Waals surface area contributed by atoms with Crippen LogP contribution in [0.2, 0.25) is 0 Å². The first-order chi connectivity index (χ1) is 9.16. The number of para-hydroxylation sites is 1. The highest BCUT2D eigenvalue weighted by Gasteiger charge is 2.17. The van der Waals surface area contributed by atoms with Crippen LogP contribution in [-0.4, -0.2) is 9.55 Å². The zero-order chi connectivity index (χ0) is 13.4. The van der Waals surface area contributed by atoms with Crippen LogP contribution in [0.1, 0.15) is 23.0 Å². The van der Waals surface area contributed by atoms with Crippen LogP contribution in [0.25, 0.3) is 11.0 Å². The van der Waals surface area contributed by atoms with E-state index >= 15 is 0 Å². The van der Waals surface area contributed by atoms with Gasteiger partial charge in [-0.1, -0.05) is 12.1 Å². The minimum Gasteiger partial charge on any atom is -0.321 e. The third kappa shape index (κ3) is 2.26. The third-order valence-electron chi connectivity index (χ3n) is 3.01. The highest BCUT2D eigenvalue weighted by atomic mass is 35.5. The lowest BCUT2D eigenvalue weighted by atomic mass is 10.3. The molecule has 2 heterocycles. The van der Waals surface area contributed by atoms with Crippen molar-refractivity contribution in [2.24, 2.45) is 0 Å². The molecule has 0 aliphatic heterocycles. The van der Waals surface area contributed by atoms with E-state index in [2.05, 4.69) is 11.1 Å². The Hall–Kier alpha value is -1.39. The number of rotatable bonds is 3. The van der Waals surface area contributed by atoms with Gasteiger partial charge in [-0.05, 0) is 30.5 Å². The summed E-state index contributed by atoms with van der Waals surface area (Å²) in [6.07, 6.45) is 0. The van der Waals surface area contributed by atoms with E-state index in [4.69, 9.17) is 11.6 Å². The van der Waals surface area contributed by atoms with Crippen molar-refractivity contribution < 1.29 is 4.39 Å². The number of fused-ring (bicyclic) bond motifs is 1. The van der Waals surface area contributed by atoms with Gasteiger partial charge in [-0.3, -0.25) is 0 Å². The van der Waals surface area contributed by atoms with E-state index in [1.807, 2.05) is 29.0 Å². The van der Waals surface area contributed by atoms with Crippen LogP contribution >= 0.6 is 22.9 Å². The van der Waals surface area contributed by atoms with Gasteiger partial charge in [0.2, 0.25) is 0 Å². The van der Waals surface area contributed by atoms with Gasteiger partial charge in [-0.15, -0.1) is 22.9 Å². The average molecular weight is 295 g/mol. The molecule has 19 heavy (non-hydrogen) atoms. The summed E-state index contributed by atoms with van der Waals surface area (Å²) in [6.45, 7) is 2.52. The van der Waals surface area contributed by atoms with E-state index in [9.17, 15) is 4.39 Å². The van der Waals surface area contributed by atoms with Crippen molar-refractivity contribution in [3.05, 3.63) is 52.2 Å². The van der Waals surface area contributed by atoms with Crippen LogP contribution in [0.4, 0.5) is 4.39 Å². The maximum Gasteiger partial charge on any atom is 0.151 e. The molecule has 1 aromatic carbocycles. The number of imidazole rings is 1. The molecule has 0 amide bonds. The maximum absolute atomic E-state index is 13.8. The predicted molar refractivity (Wildman–Crippen MR) is 77.4 cm³/mol. The van der Waals surface area contributed by atoms with Crippen LogP contribution in [0, 0.1) is 5.82 Å².